The fourth-order valence-corrected chi connectivity index (χ4v) is 2.13. The van der Waals surface area contributed by atoms with Gasteiger partial charge in [-0.05, 0) is 31.3 Å². The molecule has 0 bridgehead atoms. The van der Waals surface area contributed by atoms with Crippen LogP contribution in [0.5, 0.6) is 0 Å². The first-order valence-corrected chi connectivity index (χ1v) is 6.79. The Bertz CT molecular complexity index is 409. The van der Waals surface area contributed by atoms with Crippen LogP contribution in [0.1, 0.15) is 24.2 Å². The van der Waals surface area contributed by atoms with Gasteiger partial charge in [-0.2, -0.15) is 0 Å². The third-order valence-corrected chi connectivity index (χ3v) is 3.33. The lowest BCUT2D eigenvalue weighted by molar-refractivity contribution is 0.0949. The Morgan fingerprint density at radius 2 is 1.89 bits per heavy atom. The largest absolute Gasteiger partial charge is 0.351 e. The van der Waals surface area contributed by atoms with Crippen molar-refractivity contribution < 1.29 is 4.79 Å². The molecule has 1 aromatic carbocycles. The third kappa shape index (κ3) is 6.00. The van der Waals surface area contributed by atoms with Gasteiger partial charge >= 0.3 is 0 Å². The number of nitrogens with zero attached hydrogens (tertiary/aromatic N) is 1. The topological polar surface area (TPSA) is 32.3 Å². The molecule has 1 rings (SSSR count). The normalized spacial score (nSPS) is 10.2. The third-order valence-electron chi connectivity index (χ3n) is 2.78. The van der Waals surface area contributed by atoms with Crippen molar-refractivity contribution in [1.29, 1.82) is 0 Å². The molecule has 0 heterocycles. The fourth-order valence-electron chi connectivity index (χ4n) is 1.64. The fraction of sp³-hybridized carbons (Fsp3) is 0.462. The summed E-state index contributed by atoms with van der Waals surface area (Å²) in [6.45, 7) is 7.61. The molecule has 0 saturated heterocycles. The molecule has 0 unspecified atom stereocenters. The predicted molar refractivity (Wildman–Crippen MR) is 83.8 cm³/mol. The minimum atomic E-state index is -0.163. The van der Waals surface area contributed by atoms with Crippen LogP contribution in [-0.4, -0.2) is 37.0 Å². The smallest absolute Gasteiger partial charge is 0.252 e. The molecule has 0 saturated carbocycles. The van der Waals surface area contributed by atoms with E-state index < -0.39 is 0 Å². The Hall–Kier alpha value is -0.480. The van der Waals surface area contributed by atoms with E-state index in [1.165, 1.54) is 0 Å². The van der Waals surface area contributed by atoms with Gasteiger partial charge in [0, 0.05) is 18.1 Å². The van der Waals surface area contributed by atoms with E-state index in [4.69, 9.17) is 23.2 Å². The first-order chi connectivity index (χ1) is 8.58. The molecule has 0 aliphatic heterocycles. The summed E-state index contributed by atoms with van der Waals surface area (Å²) in [5.41, 5.74) is 0.459. The molecular formula is C13H19Cl3N2O. The summed E-state index contributed by atoms with van der Waals surface area (Å²) >= 11 is 11.7. The molecule has 1 N–H and O–H groups in total. The first kappa shape index (κ1) is 18.5. The maximum absolute atomic E-state index is 11.9. The average Bonchev–Trinajstić information content (AvgIpc) is 2.34. The van der Waals surface area contributed by atoms with E-state index in [0.29, 0.717) is 22.2 Å². The molecule has 6 heteroatoms. The highest BCUT2D eigenvalue weighted by Gasteiger charge is 2.10. The molecule has 108 valence electrons. The second kappa shape index (κ2) is 9.43. The summed E-state index contributed by atoms with van der Waals surface area (Å²) in [6, 6.07) is 4.87. The number of nitrogens with one attached hydrogen (secondary N) is 1. The van der Waals surface area contributed by atoms with E-state index in [2.05, 4.69) is 24.1 Å². The molecule has 0 aliphatic rings. The summed E-state index contributed by atoms with van der Waals surface area (Å²) < 4.78 is 0. The van der Waals surface area contributed by atoms with Gasteiger partial charge in [-0.25, -0.2) is 0 Å². The van der Waals surface area contributed by atoms with Crippen LogP contribution in [0, 0.1) is 0 Å². The van der Waals surface area contributed by atoms with Gasteiger partial charge in [0.2, 0.25) is 0 Å². The van der Waals surface area contributed by atoms with Gasteiger partial charge in [0.25, 0.3) is 5.91 Å². The number of rotatable bonds is 6. The minimum absolute atomic E-state index is 0. The Kier molecular flexibility index (Phi) is 9.19. The van der Waals surface area contributed by atoms with E-state index in [1.54, 1.807) is 18.2 Å². The number of benzene rings is 1. The Balaban J connectivity index is 0.00000324. The highest BCUT2D eigenvalue weighted by molar-refractivity contribution is 6.36. The van der Waals surface area contributed by atoms with E-state index in [1.807, 2.05) is 0 Å². The van der Waals surface area contributed by atoms with Gasteiger partial charge in [0.1, 0.15) is 0 Å². The Morgan fingerprint density at radius 3 is 2.42 bits per heavy atom. The molecule has 0 aromatic heterocycles. The van der Waals surface area contributed by atoms with Gasteiger partial charge in [0.05, 0.1) is 10.6 Å². The van der Waals surface area contributed by atoms with Gasteiger partial charge in [-0.1, -0.05) is 37.0 Å². The Morgan fingerprint density at radius 1 is 1.26 bits per heavy atom. The highest BCUT2D eigenvalue weighted by atomic mass is 35.5. The molecule has 0 radical (unpaired) electrons. The van der Waals surface area contributed by atoms with Crippen LogP contribution in [0.2, 0.25) is 10.0 Å². The standard InChI is InChI=1S/C13H18Cl2N2O.ClH/c1-3-17(4-2)8-7-16-13(18)11-6-5-10(14)9-12(11)15;/h5-6,9H,3-4,7-8H2,1-2H3,(H,16,18);1H. The van der Waals surface area contributed by atoms with Crippen molar-refractivity contribution >= 4 is 41.5 Å². The van der Waals surface area contributed by atoms with E-state index in [0.717, 1.165) is 19.6 Å². The van der Waals surface area contributed by atoms with Gasteiger partial charge in [0.15, 0.2) is 0 Å². The number of halogens is 3. The molecular weight excluding hydrogens is 307 g/mol. The van der Waals surface area contributed by atoms with E-state index in [9.17, 15) is 4.79 Å². The van der Waals surface area contributed by atoms with Crippen molar-refractivity contribution in [1.82, 2.24) is 10.2 Å². The van der Waals surface area contributed by atoms with Gasteiger partial charge < -0.3 is 10.2 Å². The van der Waals surface area contributed by atoms with Crippen LogP contribution >= 0.6 is 35.6 Å². The van der Waals surface area contributed by atoms with Crippen molar-refractivity contribution in [3.05, 3.63) is 33.8 Å². The zero-order valence-electron chi connectivity index (χ0n) is 11.1. The number of amides is 1. The van der Waals surface area contributed by atoms with Crippen molar-refractivity contribution in [2.45, 2.75) is 13.8 Å². The quantitative estimate of drug-likeness (QED) is 0.868. The second-order valence-electron chi connectivity index (χ2n) is 3.91. The van der Waals surface area contributed by atoms with Crippen LogP contribution in [-0.2, 0) is 0 Å². The lowest BCUT2D eigenvalue weighted by Gasteiger charge is -2.18. The minimum Gasteiger partial charge on any atom is -0.351 e. The van der Waals surface area contributed by atoms with E-state index in [-0.39, 0.29) is 18.3 Å². The zero-order chi connectivity index (χ0) is 13.5. The van der Waals surface area contributed by atoms with Crippen LogP contribution in [0.4, 0.5) is 0 Å². The predicted octanol–water partition coefficient (Wildman–Crippen LogP) is 3.49. The number of carbonyl (C=O) groups excluding carboxylic acids is 1. The van der Waals surface area contributed by atoms with Gasteiger partial charge in [-0.15, -0.1) is 12.4 Å². The average molecular weight is 326 g/mol. The summed E-state index contributed by atoms with van der Waals surface area (Å²) in [7, 11) is 0. The molecule has 19 heavy (non-hydrogen) atoms. The molecule has 0 spiro atoms. The summed E-state index contributed by atoms with van der Waals surface area (Å²) in [6.07, 6.45) is 0. The van der Waals surface area contributed by atoms with E-state index >= 15 is 0 Å². The number of hydrogen-bond donors (Lipinski definition) is 1. The van der Waals surface area contributed by atoms with Gasteiger partial charge in [-0.3, -0.25) is 4.79 Å². The Labute approximate surface area is 130 Å². The van der Waals surface area contributed by atoms with Crippen LogP contribution < -0.4 is 5.32 Å². The maximum atomic E-state index is 11.9. The molecule has 0 aliphatic carbocycles. The summed E-state index contributed by atoms with van der Waals surface area (Å²) in [5.74, 6) is -0.163. The SMILES string of the molecule is CCN(CC)CCNC(=O)c1ccc(Cl)cc1Cl.Cl. The number of likely N-dealkylation sites (N-methyl/N-ethyl adjacent to an activating group) is 1. The van der Waals surface area contributed by atoms with Crippen LogP contribution in [0.15, 0.2) is 18.2 Å². The van der Waals surface area contributed by atoms with Crippen LogP contribution in [0.25, 0.3) is 0 Å². The lowest BCUT2D eigenvalue weighted by atomic mass is 10.2. The number of carbonyl (C=O) groups is 1. The van der Waals surface area contributed by atoms with Crippen molar-refractivity contribution in [2.75, 3.05) is 26.2 Å². The summed E-state index contributed by atoms with van der Waals surface area (Å²) in [4.78, 5) is 14.1. The zero-order valence-corrected chi connectivity index (χ0v) is 13.4. The van der Waals surface area contributed by atoms with Crippen molar-refractivity contribution in [2.24, 2.45) is 0 Å². The second-order valence-corrected chi connectivity index (χ2v) is 4.75. The highest BCUT2D eigenvalue weighted by Crippen LogP contribution is 2.20. The van der Waals surface area contributed by atoms with Crippen LogP contribution in [0.3, 0.4) is 0 Å². The monoisotopic (exact) mass is 324 g/mol. The molecule has 0 fully saturated rings. The van der Waals surface area contributed by atoms with Crippen molar-refractivity contribution in [3.8, 4) is 0 Å². The molecule has 1 amide bonds. The summed E-state index contributed by atoms with van der Waals surface area (Å²) in [5, 5.41) is 3.76. The maximum Gasteiger partial charge on any atom is 0.252 e. The first-order valence-electron chi connectivity index (χ1n) is 6.04. The number of hydrogen-bond acceptors (Lipinski definition) is 2. The molecule has 3 nitrogen and oxygen atoms in total. The molecule has 0 atom stereocenters. The lowest BCUT2D eigenvalue weighted by Crippen LogP contribution is -2.34. The van der Waals surface area contributed by atoms with Crippen molar-refractivity contribution in [3.63, 3.8) is 0 Å². The molecule has 1 aromatic rings.